The second kappa shape index (κ2) is 7.60. The molecular formula is C18H27NO2. The van der Waals surface area contributed by atoms with Gasteiger partial charge in [-0.15, -0.1) is 0 Å². The maximum atomic E-state index is 11.5. The quantitative estimate of drug-likeness (QED) is 0.924. The lowest BCUT2D eigenvalue weighted by Crippen LogP contribution is -2.17. The average Bonchev–Trinajstić information content (AvgIpc) is 3.33. The topological polar surface area (TPSA) is 38.3 Å². The van der Waals surface area contributed by atoms with Gasteiger partial charge in [0.1, 0.15) is 11.5 Å². The summed E-state index contributed by atoms with van der Waals surface area (Å²) in [4.78, 5) is 11.5. The Balaban J connectivity index is 0.000000194. The Morgan fingerprint density at radius 2 is 2.05 bits per heavy atom. The first-order chi connectivity index (χ1) is 10.2. The van der Waals surface area contributed by atoms with Crippen LogP contribution in [0.4, 0.5) is 0 Å². The number of Topliss-reactive ketones (excluding diaryl/α,β-unsaturated/α-hetero) is 1. The summed E-state index contributed by atoms with van der Waals surface area (Å²) in [6, 6.07) is 6.01. The number of methoxy groups -OCH3 is 1. The molecule has 1 fully saturated rings. The van der Waals surface area contributed by atoms with Gasteiger partial charge >= 0.3 is 0 Å². The van der Waals surface area contributed by atoms with E-state index in [-0.39, 0.29) is 5.92 Å². The Morgan fingerprint density at radius 1 is 1.29 bits per heavy atom. The van der Waals surface area contributed by atoms with Crippen molar-refractivity contribution in [1.82, 2.24) is 5.32 Å². The van der Waals surface area contributed by atoms with Gasteiger partial charge in [0.05, 0.1) is 7.11 Å². The van der Waals surface area contributed by atoms with E-state index < -0.39 is 0 Å². The monoisotopic (exact) mass is 289 g/mol. The fraction of sp³-hybridized carbons (Fsp3) is 0.611. The van der Waals surface area contributed by atoms with E-state index in [0.29, 0.717) is 12.2 Å². The van der Waals surface area contributed by atoms with Crippen molar-refractivity contribution >= 4 is 5.78 Å². The molecule has 1 aromatic carbocycles. The van der Waals surface area contributed by atoms with Gasteiger partial charge in [-0.25, -0.2) is 0 Å². The highest BCUT2D eigenvalue weighted by Crippen LogP contribution is 2.31. The number of hydrogen-bond donors (Lipinski definition) is 1. The Morgan fingerprint density at radius 3 is 2.67 bits per heavy atom. The molecule has 1 aromatic rings. The molecule has 0 saturated heterocycles. The molecule has 0 aromatic heterocycles. The molecule has 3 nitrogen and oxygen atoms in total. The van der Waals surface area contributed by atoms with Crippen molar-refractivity contribution in [1.29, 1.82) is 0 Å². The normalized spacial score (nSPS) is 20.3. The highest BCUT2D eigenvalue weighted by Gasteiger charge is 2.23. The molecule has 0 spiro atoms. The number of aryl methyl sites for hydroxylation is 1. The van der Waals surface area contributed by atoms with Crippen molar-refractivity contribution in [2.75, 3.05) is 20.2 Å². The van der Waals surface area contributed by atoms with Crippen molar-refractivity contribution in [2.24, 2.45) is 5.92 Å². The van der Waals surface area contributed by atoms with Crippen LogP contribution in [0.15, 0.2) is 18.2 Å². The molecule has 116 valence electrons. The largest absolute Gasteiger partial charge is 0.497 e. The number of carbonyl (C=O) groups is 1. The van der Waals surface area contributed by atoms with Gasteiger partial charge in [0, 0.05) is 12.3 Å². The summed E-state index contributed by atoms with van der Waals surface area (Å²) in [6.45, 7) is 6.52. The summed E-state index contributed by atoms with van der Waals surface area (Å²) < 4.78 is 5.15. The first-order valence-electron chi connectivity index (χ1n) is 8.06. The number of ether oxygens (including phenoxy) is 1. The van der Waals surface area contributed by atoms with Gasteiger partial charge in [0.2, 0.25) is 0 Å². The first kappa shape index (κ1) is 16.0. The molecule has 1 unspecified atom stereocenters. The van der Waals surface area contributed by atoms with E-state index in [1.807, 2.05) is 19.1 Å². The molecule has 1 atom stereocenters. The number of fused-ring (bicyclic) bond motifs is 1. The van der Waals surface area contributed by atoms with E-state index >= 15 is 0 Å². The van der Waals surface area contributed by atoms with Crippen LogP contribution in [0.3, 0.4) is 0 Å². The molecule has 1 N–H and O–H groups in total. The lowest BCUT2D eigenvalue weighted by Gasteiger charge is -2.21. The van der Waals surface area contributed by atoms with Crippen molar-refractivity contribution < 1.29 is 9.53 Å². The molecule has 2 aliphatic rings. The van der Waals surface area contributed by atoms with Gasteiger partial charge < -0.3 is 10.1 Å². The van der Waals surface area contributed by atoms with Crippen LogP contribution in [0.1, 0.15) is 50.2 Å². The Kier molecular flexibility index (Phi) is 5.80. The van der Waals surface area contributed by atoms with Gasteiger partial charge in [-0.3, -0.25) is 4.79 Å². The van der Waals surface area contributed by atoms with Crippen LogP contribution >= 0.6 is 0 Å². The summed E-state index contributed by atoms with van der Waals surface area (Å²) in [5.74, 6) is 2.25. The van der Waals surface area contributed by atoms with E-state index in [9.17, 15) is 4.79 Å². The Bertz CT molecular complexity index is 480. The predicted molar refractivity (Wildman–Crippen MR) is 86.0 cm³/mol. The standard InChI is InChI=1S/C12H14O2.C6H13N/c1-8-11-7-10(14-2)5-3-9(11)4-6-12(8)13;1-2-7-5-6-3-4-6/h3,5,7-8H,4,6H2,1-2H3;6-7H,2-5H2,1H3. The molecule has 3 heteroatoms. The fourth-order valence-electron chi connectivity index (χ4n) is 2.65. The third-order valence-electron chi connectivity index (χ3n) is 4.32. The molecule has 0 heterocycles. The molecular weight excluding hydrogens is 262 g/mol. The van der Waals surface area contributed by atoms with E-state index in [1.165, 1.54) is 24.9 Å². The fourth-order valence-corrected chi connectivity index (χ4v) is 2.65. The van der Waals surface area contributed by atoms with Crippen LogP contribution < -0.4 is 10.1 Å². The summed E-state index contributed by atoms with van der Waals surface area (Å²) in [7, 11) is 1.65. The maximum absolute atomic E-state index is 11.5. The van der Waals surface area contributed by atoms with Crippen molar-refractivity contribution in [3.05, 3.63) is 29.3 Å². The highest BCUT2D eigenvalue weighted by molar-refractivity contribution is 5.87. The van der Waals surface area contributed by atoms with Gasteiger partial charge in [-0.05, 0) is 61.5 Å². The second-order valence-corrected chi connectivity index (χ2v) is 6.00. The van der Waals surface area contributed by atoms with Crippen molar-refractivity contribution in [3.63, 3.8) is 0 Å². The van der Waals surface area contributed by atoms with Gasteiger partial charge in [0.15, 0.2) is 0 Å². The van der Waals surface area contributed by atoms with Crippen LogP contribution in [0, 0.1) is 5.92 Å². The lowest BCUT2D eigenvalue weighted by atomic mass is 9.83. The zero-order valence-electron chi connectivity index (χ0n) is 13.4. The Labute approximate surface area is 128 Å². The molecule has 0 aliphatic heterocycles. The number of carbonyl (C=O) groups excluding carboxylic acids is 1. The summed E-state index contributed by atoms with van der Waals surface area (Å²) in [5.41, 5.74) is 2.43. The zero-order valence-corrected chi connectivity index (χ0v) is 13.4. The Hall–Kier alpha value is -1.35. The first-order valence-corrected chi connectivity index (χ1v) is 8.06. The minimum atomic E-state index is 0.0360. The highest BCUT2D eigenvalue weighted by atomic mass is 16.5. The summed E-state index contributed by atoms with van der Waals surface area (Å²) in [6.07, 6.45) is 4.49. The molecule has 1 saturated carbocycles. The van der Waals surface area contributed by atoms with Crippen molar-refractivity contribution in [3.8, 4) is 5.75 Å². The third-order valence-corrected chi connectivity index (χ3v) is 4.32. The van der Waals surface area contributed by atoms with Crippen LogP contribution in [0.2, 0.25) is 0 Å². The lowest BCUT2D eigenvalue weighted by molar-refractivity contribution is -0.120. The molecule has 2 aliphatic carbocycles. The van der Waals surface area contributed by atoms with Crippen LogP contribution in [-0.4, -0.2) is 26.0 Å². The van der Waals surface area contributed by atoms with Crippen LogP contribution in [0.25, 0.3) is 0 Å². The predicted octanol–water partition coefficient (Wildman–Crippen LogP) is 3.32. The van der Waals surface area contributed by atoms with E-state index in [1.54, 1.807) is 7.11 Å². The molecule has 21 heavy (non-hydrogen) atoms. The minimum absolute atomic E-state index is 0.0360. The van der Waals surface area contributed by atoms with Gasteiger partial charge in [0.25, 0.3) is 0 Å². The van der Waals surface area contributed by atoms with E-state index in [0.717, 1.165) is 30.2 Å². The third kappa shape index (κ3) is 4.57. The molecule has 0 bridgehead atoms. The number of nitrogens with one attached hydrogen (secondary N) is 1. The van der Waals surface area contributed by atoms with E-state index in [4.69, 9.17) is 4.74 Å². The molecule has 0 amide bonds. The second-order valence-electron chi connectivity index (χ2n) is 6.00. The number of benzene rings is 1. The smallest absolute Gasteiger partial charge is 0.140 e. The van der Waals surface area contributed by atoms with Crippen molar-refractivity contribution in [2.45, 2.75) is 45.4 Å². The SMILES string of the molecule is CCNCC1CC1.COc1ccc2c(c1)C(C)C(=O)CC2. The zero-order chi connectivity index (χ0) is 15.2. The van der Waals surface area contributed by atoms with Gasteiger partial charge in [-0.2, -0.15) is 0 Å². The van der Waals surface area contributed by atoms with Crippen LogP contribution in [0.5, 0.6) is 5.75 Å². The van der Waals surface area contributed by atoms with E-state index in [2.05, 4.69) is 18.3 Å². The van der Waals surface area contributed by atoms with Crippen LogP contribution in [-0.2, 0) is 11.2 Å². The summed E-state index contributed by atoms with van der Waals surface area (Å²) in [5, 5.41) is 3.31. The van der Waals surface area contributed by atoms with Gasteiger partial charge in [-0.1, -0.05) is 19.9 Å². The summed E-state index contributed by atoms with van der Waals surface area (Å²) >= 11 is 0. The molecule has 0 radical (unpaired) electrons. The minimum Gasteiger partial charge on any atom is -0.497 e. The average molecular weight is 289 g/mol. The number of ketones is 1. The number of hydrogen-bond acceptors (Lipinski definition) is 3. The molecule has 3 rings (SSSR count). The number of rotatable bonds is 4. The maximum Gasteiger partial charge on any atom is 0.140 e.